The molecule has 1 heterocycles. The van der Waals surface area contributed by atoms with E-state index in [0.717, 1.165) is 26.1 Å². The largest absolute Gasteiger partial charge is 0.444 e. The van der Waals surface area contributed by atoms with Gasteiger partial charge in [0.05, 0.1) is 11.5 Å². The molecule has 1 aliphatic heterocycles. The number of piperazine rings is 1. The smallest absolute Gasteiger partial charge is 0.410 e. The van der Waals surface area contributed by atoms with Gasteiger partial charge in [-0.05, 0) is 47.6 Å². The van der Waals surface area contributed by atoms with Crippen molar-refractivity contribution in [1.29, 1.82) is 5.26 Å². The molecule has 0 aromatic carbocycles. The number of hydrogen-bond donors (Lipinski definition) is 0. The molecule has 0 bridgehead atoms. The third-order valence-electron chi connectivity index (χ3n) is 3.38. The second kappa shape index (κ2) is 6.45. The molecule has 0 aromatic rings. The standard InChI is InChI=1S/C15H27N3O2/c1-14(2,3)20-13(19)18-10-8-17(9-11-18)7-6-15(4,5)12-16/h6-11H2,1-5H3. The Morgan fingerprint density at radius 2 is 1.70 bits per heavy atom. The van der Waals surface area contributed by atoms with Crippen LogP contribution >= 0.6 is 0 Å². The van der Waals surface area contributed by atoms with E-state index in [0.29, 0.717) is 13.1 Å². The second-order valence-corrected chi connectivity index (χ2v) is 7.05. The zero-order valence-electron chi connectivity index (χ0n) is 13.4. The first-order chi connectivity index (χ1) is 9.13. The lowest BCUT2D eigenvalue weighted by molar-refractivity contribution is 0.0139. The van der Waals surface area contributed by atoms with E-state index in [4.69, 9.17) is 10.00 Å². The number of carbonyl (C=O) groups excluding carboxylic acids is 1. The van der Waals surface area contributed by atoms with Crippen LogP contribution < -0.4 is 0 Å². The summed E-state index contributed by atoms with van der Waals surface area (Å²) in [5.74, 6) is 0. The maximum Gasteiger partial charge on any atom is 0.410 e. The summed E-state index contributed by atoms with van der Waals surface area (Å²) in [6, 6.07) is 2.32. The molecule has 0 aromatic heterocycles. The van der Waals surface area contributed by atoms with Crippen LogP contribution in [0.25, 0.3) is 0 Å². The van der Waals surface area contributed by atoms with Gasteiger partial charge < -0.3 is 9.64 Å². The number of nitrogens with zero attached hydrogens (tertiary/aromatic N) is 3. The number of amides is 1. The van der Waals surface area contributed by atoms with Crippen molar-refractivity contribution in [3.05, 3.63) is 0 Å². The van der Waals surface area contributed by atoms with E-state index in [-0.39, 0.29) is 11.5 Å². The minimum Gasteiger partial charge on any atom is -0.444 e. The normalized spacial score (nSPS) is 17.7. The van der Waals surface area contributed by atoms with Gasteiger partial charge >= 0.3 is 6.09 Å². The van der Waals surface area contributed by atoms with Crippen LogP contribution in [-0.2, 0) is 4.74 Å². The van der Waals surface area contributed by atoms with E-state index in [2.05, 4.69) is 11.0 Å². The Kier molecular flexibility index (Phi) is 5.41. The summed E-state index contributed by atoms with van der Waals surface area (Å²) in [7, 11) is 0. The molecule has 5 heteroatoms. The molecule has 0 N–H and O–H groups in total. The van der Waals surface area contributed by atoms with Crippen LogP contribution in [0.15, 0.2) is 0 Å². The van der Waals surface area contributed by atoms with Crippen molar-refractivity contribution in [2.45, 2.75) is 46.6 Å². The van der Waals surface area contributed by atoms with Gasteiger partial charge in [0.1, 0.15) is 5.60 Å². The summed E-state index contributed by atoms with van der Waals surface area (Å²) < 4.78 is 5.37. The first-order valence-corrected chi connectivity index (χ1v) is 7.24. The highest BCUT2D eigenvalue weighted by Crippen LogP contribution is 2.19. The molecule has 1 rings (SSSR count). The van der Waals surface area contributed by atoms with Crippen molar-refractivity contribution in [3.63, 3.8) is 0 Å². The van der Waals surface area contributed by atoms with E-state index in [1.54, 1.807) is 4.90 Å². The van der Waals surface area contributed by atoms with Gasteiger partial charge in [0.15, 0.2) is 0 Å². The van der Waals surface area contributed by atoms with Crippen molar-refractivity contribution < 1.29 is 9.53 Å². The highest BCUT2D eigenvalue weighted by Gasteiger charge is 2.26. The van der Waals surface area contributed by atoms with E-state index < -0.39 is 5.60 Å². The van der Waals surface area contributed by atoms with Crippen LogP contribution in [0, 0.1) is 16.7 Å². The third-order valence-corrected chi connectivity index (χ3v) is 3.38. The first kappa shape index (κ1) is 16.8. The molecular weight excluding hydrogens is 254 g/mol. The Morgan fingerprint density at radius 1 is 1.15 bits per heavy atom. The lowest BCUT2D eigenvalue weighted by Crippen LogP contribution is -2.50. The van der Waals surface area contributed by atoms with Crippen LogP contribution in [0.2, 0.25) is 0 Å². The van der Waals surface area contributed by atoms with Crippen LogP contribution in [0.1, 0.15) is 41.0 Å². The van der Waals surface area contributed by atoms with Crippen molar-refractivity contribution >= 4 is 6.09 Å². The van der Waals surface area contributed by atoms with Gasteiger partial charge in [0, 0.05) is 26.2 Å². The topological polar surface area (TPSA) is 56.6 Å². The Bertz CT molecular complexity index is 372. The number of nitriles is 1. The molecule has 1 fully saturated rings. The second-order valence-electron chi connectivity index (χ2n) is 7.05. The van der Waals surface area contributed by atoms with Gasteiger partial charge in [-0.1, -0.05) is 0 Å². The predicted octanol–water partition coefficient (Wildman–Crippen LogP) is 2.48. The lowest BCUT2D eigenvalue weighted by Gasteiger charge is -2.36. The molecule has 114 valence electrons. The van der Waals surface area contributed by atoms with E-state index in [1.807, 2.05) is 34.6 Å². The highest BCUT2D eigenvalue weighted by atomic mass is 16.6. The molecule has 0 aliphatic carbocycles. The van der Waals surface area contributed by atoms with Crippen LogP contribution in [0.5, 0.6) is 0 Å². The van der Waals surface area contributed by atoms with Gasteiger partial charge in [-0.25, -0.2) is 4.79 Å². The highest BCUT2D eigenvalue weighted by molar-refractivity contribution is 5.68. The first-order valence-electron chi connectivity index (χ1n) is 7.24. The molecule has 1 saturated heterocycles. The van der Waals surface area contributed by atoms with Gasteiger partial charge in [-0.3, -0.25) is 4.90 Å². The minimum atomic E-state index is -0.439. The average molecular weight is 281 g/mol. The molecule has 20 heavy (non-hydrogen) atoms. The summed E-state index contributed by atoms with van der Waals surface area (Å²) in [5.41, 5.74) is -0.715. The van der Waals surface area contributed by atoms with Gasteiger partial charge in [0.25, 0.3) is 0 Å². The van der Waals surface area contributed by atoms with Crippen LogP contribution in [0.3, 0.4) is 0 Å². The molecule has 1 amide bonds. The lowest BCUT2D eigenvalue weighted by atomic mass is 9.91. The predicted molar refractivity (Wildman–Crippen MR) is 78.3 cm³/mol. The van der Waals surface area contributed by atoms with Crippen molar-refractivity contribution in [3.8, 4) is 6.07 Å². The Labute approximate surface area is 122 Å². The number of rotatable bonds is 3. The van der Waals surface area contributed by atoms with Crippen LogP contribution in [0.4, 0.5) is 4.79 Å². The Balaban J connectivity index is 2.34. The zero-order chi connectivity index (χ0) is 15.4. The molecule has 0 unspecified atom stereocenters. The minimum absolute atomic E-state index is 0.227. The van der Waals surface area contributed by atoms with Gasteiger partial charge in [-0.2, -0.15) is 5.26 Å². The summed E-state index contributed by atoms with van der Waals surface area (Å²) >= 11 is 0. The molecule has 1 aliphatic rings. The summed E-state index contributed by atoms with van der Waals surface area (Å²) in [4.78, 5) is 16.0. The summed E-state index contributed by atoms with van der Waals surface area (Å²) in [6.07, 6.45) is 0.630. The molecule has 0 spiro atoms. The molecular formula is C15H27N3O2. The Morgan fingerprint density at radius 3 is 2.15 bits per heavy atom. The maximum absolute atomic E-state index is 11.9. The van der Waals surface area contributed by atoms with E-state index in [1.165, 1.54) is 0 Å². The quantitative estimate of drug-likeness (QED) is 0.797. The zero-order valence-corrected chi connectivity index (χ0v) is 13.4. The fourth-order valence-electron chi connectivity index (χ4n) is 1.97. The van der Waals surface area contributed by atoms with Gasteiger partial charge in [0.2, 0.25) is 0 Å². The number of ether oxygens (including phenoxy) is 1. The number of carbonyl (C=O) groups is 1. The van der Waals surface area contributed by atoms with Crippen molar-refractivity contribution in [2.75, 3.05) is 32.7 Å². The van der Waals surface area contributed by atoms with Crippen molar-refractivity contribution in [2.24, 2.45) is 5.41 Å². The molecule has 5 nitrogen and oxygen atoms in total. The van der Waals surface area contributed by atoms with Gasteiger partial charge in [-0.15, -0.1) is 0 Å². The van der Waals surface area contributed by atoms with Crippen molar-refractivity contribution in [1.82, 2.24) is 9.80 Å². The molecule has 0 saturated carbocycles. The average Bonchev–Trinajstić information content (AvgIpc) is 2.35. The van der Waals surface area contributed by atoms with E-state index in [9.17, 15) is 4.79 Å². The Hall–Kier alpha value is -1.28. The SMILES string of the molecule is CC(C)(C#N)CCN1CCN(C(=O)OC(C)(C)C)CC1. The molecule has 0 atom stereocenters. The summed E-state index contributed by atoms with van der Waals surface area (Å²) in [5, 5.41) is 9.01. The molecule has 0 radical (unpaired) electrons. The monoisotopic (exact) mass is 281 g/mol. The summed E-state index contributed by atoms with van der Waals surface area (Å²) in [6.45, 7) is 13.6. The fourth-order valence-corrected chi connectivity index (χ4v) is 1.97. The third kappa shape index (κ3) is 5.79. The fraction of sp³-hybridized carbons (Fsp3) is 0.867. The number of hydrogen-bond acceptors (Lipinski definition) is 4. The van der Waals surface area contributed by atoms with Crippen LogP contribution in [-0.4, -0.2) is 54.2 Å². The van der Waals surface area contributed by atoms with E-state index >= 15 is 0 Å². The maximum atomic E-state index is 11.9.